The van der Waals surface area contributed by atoms with Crippen molar-refractivity contribution in [1.82, 2.24) is 10.3 Å². The van der Waals surface area contributed by atoms with E-state index < -0.39 is 6.10 Å². The van der Waals surface area contributed by atoms with Crippen LogP contribution in [-0.2, 0) is 9.53 Å². The Bertz CT molecular complexity index is 474. The van der Waals surface area contributed by atoms with E-state index in [0.717, 1.165) is 13.1 Å². The number of likely N-dealkylation sites (N-methyl/N-ethyl adjacent to an activating group) is 1. The number of fused-ring (bicyclic) bond motifs is 1. The lowest BCUT2D eigenvalue weighted by Gasteiger charge is -2.33. The molecule has 3 heterocycles. The molecule has 2 unspecified atom stereocenters. The van der Waals surface area contributed by atoms with Gasteiger partial charge in [-0.1, -0.05) is 0 Å². The van der Waals surface area contributed by atoms with Crippen molar-refractivity contribution in [2.75, 3.05) is 31.6 Å². The van der Waals surface area contributed by atoms with Gasteiger partial charge in [0.1, 0.15) is 0 Å². The van der Waals surface area contributed by atoms with E-state index in [2.05, 4.69) is 10.3 Å². The molecule has 1 amide bonds. The van der Waals surface area contributed by atoms with E-state index in [-0.39, 0.29) is 12.0 Å². The average molecular weight is 263 g/mol. The number of amides is 1. The molecule has 0 bridgehead atoms. The molecule has 6 nitrogen and oxygen atoms in total. The lowest BCUT2D eigenvalue weighted by Crippen LogP contribution is -2.48. The molecule has 0 radical (unpaired) electrons. The van der Waals surface area contributed by atoms with Gasteiger partial charge in [0.25, 0.3) is 5.91 Å². The Morgan fingerprint density at radius 2 is 2.47 bits per heavy atom. The Hall–Kier alpha value is -1.66. The van der Waals surface area contributed by atoms with Crippen LogP contribution in [-0.4, -0.2) is 49.8 Å². The summed E-state index contributed by atoms with van der Waals surface area (Å²) in [7, 11) is 1.73. The molecule has 1 fully saturated rings. The van der Waals surface area contributed by atoms with Crippen LogP contribution in [0.4, 0.5) is 5.82 Å². The molecule has 0 saturated carbocycles. The van der Waals surface area contributed by atoms with Crippen LogP contribution >= 0.6 is 0 Å². The van der Waals surface area contributed by atoms with Gasteiger partial charge in [-0.05, 0) is 12.1 Å². The largest absolute Gasteiger partial charge is 0.477 e. The van der Waals surface area contributed by atoms with Crippen molar-refractivity contribution in [3.05, 3.63) is 18.3 Å². The normalized spacial score (nSPS) is 26.8. The standard InChI is InChI=1S/C13H17N3O3/c1-16-12-10(3-2-4-15-12)19-11(13(16)17)7-9-8-14-5-6-18-9/h2-4,9,11,14H,5-8H2,1H3. The maximum Gasteiger partial charge on any atom is 0.269 e. The number of nitrogens with one attached hydrogen (secondary N) is 1. The predicted molar refractivity (Wildman–Crippen MR) is 69.3 cm³/mol. The molecule has 1 N–H and O–H groups in total. The number of hydrogen-bond donors (Lipinski definition) is 1. The minimum atomic E-state index is -0.494. The summed E-state index contributed by atoms with van der Waals surface area (Å²) in [6.45, 7) is 2.30. The number of hydrogen-bond acceptors (Lipinski definition) is 5. The molecule has 2 atom stereocenters. The summed E-state index contributed by atoms with van der Waals surface area (Å²) in [5.41, 5.74) is 0. The first-order chi connectivity index (χ1) is 9.25. The van der Waals surface area contributed by atoms with E-state index in [0.29, 0.717) is 24.6 Å². The van der Waals surface area contributed by atoms with E-state index in [1.807, 2.05) is 6.07 Å². The van der Waals surface area contributed by atoms with Crippen LogP contribution in [0.1, 0.15) is 6.42 Å². The first kappa shape index (κ1) is 12.4. The van der Waals surface area contributed by atoms with E-state index in [1.165, 1.54) is 0 Å². The maximum absolute atomic E-state index is 12.2. The molecular weight excluding hydrogens is 246 g/mol. The van der Waals surface area contributed by atoms with Crippen LogP contribution in [0.15, 0.2) is 18.3 Å². The Morgan fingerprint density at radius 1 is 1.58 bits per heavy atom. The lowest BCUT2D eigenvalue weighted by atomic mass is 10.1. The van der Waals surface area contributed by atoms with Gasteiger partial charge in [-0.2, -0.15) is 0 Å². The second-order valence-corrected chi connectivity index (χ2v) is 4.76. The van der Waals surface area contributed by atoms with Crippen molar-refractivity contribution in [3.8, 4) is 5.75 Å². The zero-order chi connectivity index (χ0) is 13.2. The van der Waals surface area contributed by atoms with Gasteiger partial charge in [0, 0.05) is 32.8 Å². The molecule has 19 heavy (non-hydrogen) atoms. The maximum atomic E-state index is 12.2. The van der Waals surface area contributed by atoms with E-state index in [9.17, 15) is 4.79 Å². The van der Waals surface area contributed by atoms with Crippen LogP contribution in [0.2, 0.25) is 0 Å². The number of rotatable bonds is 2. The van der Waals surface area contributed by atoms with Gasteiger partial charge < -0.3 is 14.8 Å². The van der Waals surface area contributed by atoms with Crippen molar-refractivity contribution < 1.29 is 14.3 Å². The SMILES string of the molecule is CN1C(=O)C(CC2CNCCO2)Oc2cccnc21. The molecule has 0 aromatic carbocycles. The summed E-state index contributed by atoms with van der Waals surface area (Å²) < 4.78 is 11.4. The summed E-state index contributed by atoms with van der Waals surface area (Å²) in [4.78, 5) is 18.0. The number of pyridine rings is 1. The highest BCUT2D eigenvalue weighted by Crippen LogP contribution is 2.31. The molecule has 1 saturated heterocycles. The zero-order valence-corrected chi connectivity index (χ0v) is 10.8. The number of ether oxygens (including phenoxy) is 2. The van der Waals surface area contributed by atoms with Crippen LogP contribution in [0, 0.1) is 0 Å². The Morgan fingerprint density at radius 3 is 3.26 bits per heavy atom. The topological polar surface area (TPSA) is 63.7 Å². The third-order valence-electron chi connectivity index (χ3n) is 3.43. The Labute approximate surface area is 111 Å². The molecular formula is C13H17N3O3. The summed E-state index contributed by atoms with van der Waals surface area (Å²) in [5, 5.41) is 3.25. The number of anilines is 1. The molecule has 2 aliphatic rings. The predicted octanol–water partition coefficient (Wildman–Crippen LogP) is 0.184. The van der Waals surface area contributed by atoms with Crippen molar-refractivity contribution in [2.45, 2.75) is 18.6 Å². The summed E-state index contributed by atoms with van der Waals surface area (Å²) in [6.07, 6.45) is 1.74. The fourth-order valence-corrected chi connectivity index (χ4v) is 2.41. The van der Waals surface area contributed by atoms with Gasteiger partial charge in [-0.15, -0.1) is 0 Å². The first-order valence-electron chi connectivity index (χ1n) is 6.47. The van der Waals surface area contributed by atoms with Crippen LogP contribution in [0.5, 0.6) is 5.75 Å². The first-order valence-corrected chi connectivity index (χ1v) is 6.47. The smallest absolute Gasteiger partial charge is 0.269 e. The third-order valence-corrected chi connectivity index (χ3v) is 3.43. The third kappa shape index (κ3) is 2.41. The molecule has 0 spiro atoms. The van der Waals surface area contributed by atoms with Crippen molar-refractivity contribution in [2.24, 2.45) is 0 Å². The Balaban J connectivity index is 1.75. The second-order valence-electron chi connectivity index (χ2n) is 4.76. The van der Waals surface area contributed by atoms with Crippen LogP contribution in [0.25, 0.3) is 0 Å². The minimum Gasteiger partial charge on any atom is -0.477 e. The van der Waals surface area contributed by atoms with Crippen molar-refractivity contribution in [1.29, 1.82) is 0 Å². The molecule has 0 aliphatic carbocycles. The minimum absolute atomic E-state index is 0.0225. The number of aromatic nitrogens is 1. The van der Waals surface area contributed by atoms with E-state index in [4.69, 9.17) is 9.47 Å². The van der Waals surface area contributed by atoms with Gasteiger partial charge in [-0.25, -0.2) is 4.98 Å². The lowest BCUT2D eigenvalue weighted by molar-refractivity contribution is -0.128. The zero-order valence-electron chi connectivity index (χ0n) is 10.8. The quantitative estimate of drug-likeness (QED) is 0.825. The van der Waals surface area contributed by atoms with E-state index in [1.54, 1.807) is 24.2 Å². The fraction of sp³-hybridized carbons (Fsp3) is 0.538. The molecule has 2 aliphatic heterocycles. The molecule has 102 valence electrons. The molecule has 3 rings (SSSR count). The summed E-state index contributed by atoms with van der Waals surface area (Å²) in [5.74, 6) is 1.16. The van der Waals surface area contributed by atoms with Gasteiger partial charge in [0.2, 0.25) is 0 Å². The van der Waals surface area contributed by atoms with Gasteiger partial charge in [0.15, 0.2) is 17.7 Å². The van der Waals surface area contributed by atoms with Gasteiger partial charge >= 0.3 is 0 Å². The van der Waals surface area contributed by atoms with Gasteiger partial charge in [0.05, 0.1) is 12.7 Å². The molecule has 1 aromatic rings. The Kier molecular flexibility index (Phi) is 3.35. The van der Waals surface area contributed by atoms with Crippen molar-refractivity contribution in [3.63, 3.8) is 0 Å². The monoisotopic (exact) mass is 263 g/mol. The summed E-state index contributed by atoms with van der Waals surface area (Å²) in [6, 6.07) is 3.64. The average Bonchev–Trinajstić information content (AvgIpc) is 2.46. The molecule has 1 aromatic heterocycles. The number of morpholine rings is 1. The van der Waals surface area contributed by atoms with Crippen LogP contribution < -0.4 is 15.0 Å². The van der Waals surface area contributed by atoms with E-state index >= 15 is 0 Å². The highest BCUT2D eigenvalue weighted by atomic mass is 16.5. The van der Waals surface area contributed by atoms with Crippen molar-refractivity contribution >= 4 is 11.7 Å². The second kappa shape index (κ2) is 5.14. The number of nitrogens with zero attached hydrogens (tertiary/aromatic N) is 2. The number of carbonyl (C=O) groups is 1. The highest BCUT2D eigenvalue weighted by molar-refractivity contribution is 5.98. The molecule has 6 heteroatoms. The summed E-state index contributed by atoms with van der Waals surface area (Å²) >= 11 is 0. The van der Waals surface area contributed by atoms with Crippen LogP contribution in [0.3, 0.4) is 0 Å². The van der Waals surface area contributed by atoms with Gasteiger partial charge in [-0.3, -0.25) is 9.69 Å². The highest BCUT2D eigenvalue weighted by Gasteiger charge is 2.35. The number of carbonyl (C=O) groups excluding carboxylic acids is 1. The fourth-order valence-electron chi connectivity index (χ4n) is 2.41.